The lowest BCUT2D eigenvalue weighted by atomic mass is 9.87. The molecule has 0 bridgehead atoms. The van der Waals surface area contributed by atoms with Gasteiger partial charge in [-0.25, -0.2) is 4.39 Å². The third kappa shape index (κ3) is 3.90. The van der Waals surface area contributed by atoms with Gasteiger partial charge in [-0.1, -0.05) is 25.0 Å². The summed E-state index contributed by atoms with van der Waals surface area (Å²) in [5.74, 6) is -0.535. The lowest BCUT2D eigenvalue weighted by molar-refractivity contribution is -0.117. The Morgan fingerprint density at radius 1 is 1.40 bits per heavy atom. The van der Waals surface area contributed by atoms with Gasteiger partial charge in [-0.05, 0) is 36.6 Å². The van der Waals surface area contributed by atoms with E-state index in [0.717, 1.165) is 25.7 Å². The zero-order valence-electron chi connectivity index (χ0n) is 11.4. The smallest absolute Gasteiger partial charge is 0.244 e. The molecule has 0 unspecified atom stereocenters. The Morgan fingerprint density at radius 2 is 2.15 bits per heavy atom. The fourth-order valence-corrected chi connectivity index (χ4v) is 2.63. The minimum atomic E-state index is -0.322. The second kappa shape index (κ2) is 6.66. The van der Waals surface area contributed by atoms with Crippen LogP contribution in [0.5, 0.6) is 0 Å². The molecule has 20 heavy (non-hydrogen) atoms. The lowest BCUT2D eigenvalue weighted by Crippen LogP contribution is -2.37. The average Bonchev–Trinajstić information content (AvgIpc) is 2.92. The van der Waals surface area contributed by atoms with Crippen molar-refractivity contribution in [1.29, 1.82) is 0 Å². The van der Waals surface area contributed by atoms with Gasteiger partial charge in [0.15, 0.2) is 0 Å². The van der Waals surface area contributed by atoms with E-state index in [1.54, 1.807) is 18.2 Å². The number of benzene rings is 1. The molecule has 1 aliphatic carbocycles. The molecular formula is C16H20FNO2. The number of aliphatic hydroxyl groups is 1. The highest BCUT2D eigenvalue weighted by molar-refractivity contribution is 5.91. The zero-order chi connectivity index (χ0) is 14.4. The van der Waals surface area contributed by atoms with Crippen LogP contribution in [0.15, 0.2) is 30.3 Å². The highest BCUT2D eigenvalue weighted by Gasteiger charge is 2.33. The molecule has 4 heteroatoms. The van der Waals surface area contributed by atoms with Gasteiger partial charge >= 0.3 is 0 Å². The number of rotatable bonds is 5. The Balaban J connectivity index is 1.86. The van der Waals surface area contributed by atoms with Gasteiger partial charge in [0, 0.05) is 18.0 Å². The molecular weight excluding hydrogens is 257 g/mol. The van der Waals surface area contributed by atoms with E-state index in [2.05, 4.69) is 5.32 Å². The molecule has 0 saturated heterocycles. The van der Waals surface area contributed by atoms with Crippen LogP contribution in [-0.4, -0.2) is 24.2 Å². The van der Waals surface area contributed by atoms with E-state index in [1.807, 2.05) is 0 Å². The van der Waals surface area contributed by atoms with Crippen molar-refractivity contribution in [3.05, 3.63) is 41.7 Å². The third-order valence-electron chi connectivity index (χ3n) is 3.91. The number of hydrogen-bond acceptors (Lipinski definition) is 2. The van der Waals surface area contributed by atoms with Crippen LogP contribution in [0.3, 0.4) is 0 Å². The minimum absolute atomic E-state index is 0.112. The molecule has 1 fully saturated rings. The molecule has 1 saturated carbocycles. The number of carbonyl (C=O) groups excluding carboxylic acids is 1. The Kier molecular flexibility index (Phi) is 4.90. The van der Waals surface area contributed by atoms with Gasteiger partial charge in [0.25, 0.3) is 0 Å². The van der Waals surface area contributed by atoms with Crippen molar-refractivity contribution in [1.82, 2.24) is 5.32 Å². The first-order valence-corrected chi connectivity index (χ1v) is 6.96. The van der Waals surface area contributed by atoms with E-state index in [-0.39, 0.29) is 23.7 Å². The van der Waals surface area contributed by atoms with E-state index < -0.39 is 0 Å². The molecule has 1 aromatic rings. The molecule has 1 amide bonds. The van der Waals surface area contributed by atoms with Gasteiger partial charge < -0.3 is 10.4 Å². The molecule has 2 N–H and O–H groups in total. The molecule has 1 aromatic carbocycles. The maximum absolute atomic E-state index is 13.0. The van der Waals surface area contributed by atoms with Crippen molar-refractivity contribution in [2.45, 2.75) is 25.7 Å². The second-order valence-electron chi connectivity index (χ2n) is 5.47. The van der Waals surface area contributed by atoms with Crippen LogP contribution in [0.2, 0.25) is 0 Å². The summed E-state index contributed by atoms with van der Waals surface area (Å²) in [6.07, 6.45) is 7.10. The maximum Gasteiger partial charge on any atom is 0.244 e. The highest BCUT2D eigenvalue weighted by atomic mass is 19.1. The predicted octanol–water partition coefficient (Wildman–Crippen LogP) is 2.51. The van der Waals surface area contributed by atoms with Gasteiger partial charge in [0.05, 0.1) is 6.61 Å². The summed E-state index contributed by atoms with van der Waals surface area (Å²) >= 11 is 0. The van der Waals surface area contributed by atoms with Gasteiger partial charge in [-0.3, -0.25) is 4.79 Å². The largest absolute Gasteiger partial charge is 0.396 e. The van der Waals surface area contributed by atoms with Crippen LogP contribution >= 0.6 is 0 Å². The van der Waals surface area contributed by atoms with Crippen LogP contribution in [0, 0.1) is 11.2 Å². The van der Waals surface area contributed by atoms with Gasteiger partial charge in [-0.15, -0.1) is 0 Å². The average molecular weight is 277 g/mol. The molecule has 0 aliphatic heterocycles. The Hall–Kier alpha value is -1.68. The van der Waals surface area contributed by atoms with Crippen LogP contribution in [-0.2, 0) is 4.79 Å². The zero-order valence-corrected chi connectivity index (χ0v) is 11.4. The van der Waals surface area contributed by atoms with Gasteiger partial charge in [0.2, 0.25) is 5.91 Å². The first kappa shape index (κ1) is 14.7. The Labute approximate surface area is 118 Å². The molecule has 2 rings (SSSR count). The summed E-state index contributed by atoms with van der Waals surface area (Å²) in [6, 6.07) is 6.07. The van der Waals surface area contributed by atoms with Crippen molar-refractivity contribution in [2.24, 2.45) is 5.41 Å². The van der Waals surface area contributed by atoms with E-state index in [9.17, 15) is 14.3 Å². The van der Waals surface area contributed by atoms with Crippen molar-refractivity contribution in [2.75, 3.05) is 13.2 Å². The van der Waals surface area contributed by atoms with E-state index in [4.69, 9.17) is 0 Å². The lowest BCUT2D eigenvalue weighted by Gasteiger charge is -2.26. The van der Waals surface area contributed by atoms with E-state index >= 15 is 0 Å². The topological polar surface area (TPSA) is 49.3 Å². The molecule has 0 heterocycles. The maximum atomic E-state index is 13.0. The summed E-state index contributed by atoms with van der Waals surface area (Å²) < 4.78 is 13.0. The quantitative estimate of drug-likeness (QED) is 0.812. The number of amides is 1. The summed E-state index contributed by atoms with van der Waals surface area (Å²) in [5, 5.41) is 12.3. The van der Waals surface area contributed by atoms with Crippen molar-refractivity contribution < 1.29 is 14.3 Å². The van der Waals surface area contributed by atoms with E-state index in [0.29, 0.717) is 12.1 Å². The van der Waals surface area contributed by atoms with E-state index in [1.165, 1.54) is 18.2 Å². The normalized spacial score (nSPS) is 17.5. The number of halogens is 1. The monoisotopic (exact) mass is 277 g/mol. The number of carbonyl (C=O) groups is 1. The molecule has 108 valence electrons. The summed E-state index contributed by atoms with van der Waals surface area (Å²) in [5.41, 5.74) is 0.500. The fraction of sp³-hybridized carbons (Fsp3) is 0.438. The standard InChI is InChI=1S/C16H20FNO2/c17-14-5-3-4-13(10-14)6-7-15(20)18-11-16(12-19)8-1-2-9-16/h3-7,10,19H,1-2,8-9,11-12H2,(H,18,20)/b7-6+. The number of nitrogens with one attached hydrogen (secondary N) is 1. The van der Waals surface area contributed by atoms with Gasteiger partial charge in [0.1, 0.15) is 5.82 Å². The van der Waals surface area contributed by atoms with Crippen LogP contribution in [0.25, 0.3) is 6.08 Å². The first-order chi connectivity index (χ1) is 9.63. The van der Waals surface area contributed by atoms with Crippen LogP contribution in [0.1, 0.15) is 31.2 Å². The molecule has 0 aromatic heterocycles. The summed E-state index contributed by atoms with van der Waals surface area (Å²) in [4.78, 5) is 11.7. The molecule has 3 nitrogen and oxygen atoms in total. The first-order valence-electron chi connectivity index (χ1n) is 6.96. The molecule has 0 spiro atoms. The fourth-order valence-electron chi connectivity index (χ4n) is 2.63. The molecule has 0 atom stereocenters. The van der Waals surface area contributed by atoms with Crippen LogP contribution < -0.4 is 5.32 Å². The minimum Gasteiger partial charge on any atom is -0.396 e. The van der Waals surface area contributed by atoms with Gasteiger partial charge in [-0.2, -0.15) is 0 Å². The molecule has 1 aliphatic rings. The second-order valence-corrected chi connectivity index (χ2v) is 5.47. The summed E-state index contributed by atoms with van der Waals surface area (Å²) in [6.45, 7) is 0.608. The predicted molar refractivity (Wildman–Crippen MR) is 76.4 cm³/mol. The third-order valence-corrected chi connectivity index (χ3v) is 3.91. The highest BCUT2D eigenvalue weighted by Crippen LogP contribution is 2.36. The number of hydrogen-bond donors (Lipinski definition) is 2. The SMILES string of the molecule is O=C(/C=C/c1cccc(F)c1)NCC1(CO)CCCC1. The van der Waals surface area contributed by atoms with Crippen molar-refractivity contribution in [3.8, 4) is 0 Å². The number of aliphatic hydroxyl groups excluding tert-OH is 1. The Bertz CT molecular complexity index is 493. The van der Waals surface area contributed by atoms with Crippen molar-refractivity contribution in [3.63, 3.8) is 0 Å². The Morgan fingerprint density at radius 3 is 2.80 bits per heavy atom. The molecule has 0 radical (unpaired) electrons. The van der Waals surface area contributed by atoms with Crippen molar-refractivity contribution >= 4 is 12.0 Å². The summed E-state index contributed by atoms with van der Waals surface area (Å²) in [7, 11) is 0. The van der Waals surface area contributed by atoms with Crippen LogP contribution in [0.4, 0.5) is 4.39 Å².